The van der Waals surface area contributed by atoms with E-state index in [2.05, 4.69) is 25.9 Å². The summed E-state index contributed by atoms with van der Waals surface area (Å²) in [7, 11) is 0. The SMILES string of the molecule is Clc1ccc2c(c1)N(c1ncnc3[nH]ccc13)CC2. The fourth-order valence-corrected chi connectivity index (χ4v) is 2.81. The van der Waals surface area contributed by atoms with Gasteiger partial charge in [0.15, 0.2) is 0 Å². The molecule has 0 saturated heterocycles. The fraction of sp³-hybridized carbons (Fsp3) is 0.143. The highest BCUT2D eigenvalue weighted by atomic mass is 35.5. The molecule has 19 heavy (non-hydrogen) atoms. The summed E-state index contributed by atoms with van der Waals surface area (Å²) >= 11 is 6.11. The van der Waals surface area contributed by atoms with Crippen LogP contribution in [-0.4, -0.2) is 21.5 Å². The van der Waals surface area contributed by atoms with Crippen LogP contribution in [-0.2, 0) is 6.42 Å². The lowest BCUT2D eigenvalue weighted by Crippen LogP contribution is -2.15. The van der Waals surface area contributed by atoms with Crippen molar-refractivity contribution in [2.45, 2.75) is 6.42 Å². The van der Waals surface area contributed by atoms with Gasteiger partial charge in [0.1, 0.15) is 17.8 Å². The Kier molecular flexibility index (Phi) is 2.26. The Morgan fingerprint density at radius 2 is 2.16 bits per heavy atom. The third-order valence-electron chi connectivity index (χ3n) is 3.53. The van der Waals surface area contributed by atoms with Gasteiger partial charge in [-0.1, -0.05) is 17.7 Å². The van der Waals surface area contributed by atoms with Gasteiger partial charge in [-0.2, -0.15) is 0 Å². The van der Waals surface area contributed by atoms with Crippen LogP contribution < -0.4 is 4.90 Å². The Hall–Kier alpha value is -2.07. The summed E-state index contributed by atoms with van der Waals surface area (Å²) in [5, 5.41) is 1.79. The lowest BCUT2D eigenvalue weighted by Gasteiger charge is -2.19. The molecule has 94 valence electrons. The number of nitrogens with one attached hydrogen (secondary N) is 1. The summed E-state index contributed by atoms with van der Waals surface area (Å²) in [5.41, 5.74) is 3.32. The van der Waals surface area contributed by atoms with Gasteiger partial charge in [-0.3, -0.25) is 0 Å². The number of anilines is 2. The first-order valence-electron chi connectivity index (χ1n) is 6.17. The van der Waals surface area contributed by atoms with Crippen LogP contribution in [0.15, 0.2) is 36.8 Å². The van der Waals surface area contributed by atoms with Gasteiger partial charge >= 0.3 is 0 Å². The first-order chi connectivity index (χ1) is 9.33. The number of H-pyrrole nitrogens is 1. The molecule has 0 saturated carbocycles. The van der Waals surface area contributed by atoms with Crippen molar-refractivity contribution in [1.82, 2.24) is 15.0 Å². The molecule has 5 heteroatoms. The number of aromatic nitrogens is 3. The van der Waals surface area contributed by atoms with Crippen molar-refractivity contribution in [3.05, 3.63) is 47.4 Å². The van der Waals surface area contributed by atoms with Crippen molar-refractivity contribution < 1.29 is 0 Å². The zero-order chi connectivity index (χ0) is 12.8. The summed E-state index contributed by atoms with van der Waals surface area (Å²) in [5.74, 6) is 0.937. The molecule has 4 nitrogen and oxygen atoms in total. The fourth-order valence-electron chi connectivity index (χ4n) is 2.65. The Labute approximate surface area is 115 Å². The van der Waals surface area contributed by atoms with Crippen LogP contribution in [0.1, 0.15) is 5.56 Å². The molecule has 0 aliphatic carbocycles. The highest BCUT2D eigenvalue weighted by molar-refractivity contribution is 6.31. The van der Waals surface area contributed by atoms with Gasteiger partial charge in [-0.15, -0.1) is 0 Å². The molecule has 2 aromatic heterocycles. The molecule has 0 bridgehead atoms. The predicted octanol–water partition coefficient (Wildman–Crippen LogP) is 3.31. The molecular formula is C14H11ClN4. The minimum atomic E-state index is 0.755. The topological polar surface area (TPSA) is 44.8 Å². The number of hydrogen-bond acceptors (Lipinski definition) is 3. The molecule has 0 amide bonds. The van der Waals surface area contributed by atoms with Crippen LogP contribution in [0.25, 0.3) is 11.0 Å². The van der Waals surface area contributed by atoms with Gasteiger partial charge in [-0.25, -0.2) is 9.97 Å². The van der Waals surface area contributed by atoms with E-state index in [0.29, 0.717) is 0 Å². The number of benzene rings is 1. The quantitative estimate of drug-likeness (QED) is 0.738. The highest BCUT2D eigenvalue weighted by Gasteiger charge is 2.23. The number of nitrogens with zero attached hydrogens (tertiary/aromatic N) is 3. The summed E-state index contributed by atoms with van der Waals surface area (Å²) < 4.78 is 0. The van der Waals surface area contributed by atoms with E-state index >= 15 is 0 Å². The van der Waals surface area contributed by atoms with E-state index in [0.717, 1.165) is 40.5 Å². The molecule has 0 atom stereocenters. The minimum absolute atomic E-state index is 0.755. The van der Waals surface area contributed by atoms with Gasteiger partial charge in [0.05, 0.1) is 5.39 Å². The number of rotatable bonds is 1. The first-order valence-corrected chi connectivity index (χ1v) is 6.55. The Morgan fingerprint density at radius 3 is 3.11 bits per heavy atom. The number of halogens is 1. The van der Waals surface area contributed by atoms with E-state index in [9.17, 15) is 0 Å². The van der Waals surface area contributed by atoms with E-state index in [-0.39, 0.29) is 0 Å². The number of fused-ring (bicyclic) bond motifs is 2. The summed E-state index contributed by atoms with van der Waals surface area (Å²) in [4.78, 5) is 14.0. The zero-order valence-corrected chi connectivity index (χ0v) is 10.9. The molecule has 1 aromatic carbocycles. The Morgan fingerprint density at radius 1 is 1.21 bits per heavy atom. The third kappa shape index (κ3) is 1.60. The monoisotopic (exact) mass is 270 g/mol. The maximum Gasteiger partial charge on any atom is 0.145 e. The molecule has 1 aliphatic rings. The van der Waals surface area contributed by atoms with Crippen molar-refractivity contribution >= 4 is 34.1 Å². The molecule has 0 radical (unpaired) electrons. The second-order valence-corrected chi connectivity index (χ2v) is 5.05. The van der Waals surface area contributed by atoms with Crippen LogP contribution >= 0.6 is 11.6 Å². The third-order valence-corrected chi connectivity index (χ3v) is 3.77. The molecular weight excluding hydrogens is 260 g/mol. The molecule has 3 aromatic rings. The van der Waals surface area contributed by atoms with E-state index < -0.39 is 0 Å². The Bertz CT molecular complexity index is 765. The molecule has 1 N–H and O–H groups in total. The minimum Gasteiger partial charge on any atom is -0.346 e. The second kappa shape index (κ2) is 3.96. The standard InChI is InChI=1S/C14H11ClN4/c15-10-2-1-9-4-6-19(12(9)7-10)14-11-3-5-16-13(11)17-8-18-14/h1-3,5,7-8H,4,6H2,(H,16,17,18). The van der Waals surface area contributed by atoms with Gasteiger partial charge in [-0.05, 0) is 30.2 Å². The van der Waals surface area contributed by atoms with E-state index in [1.54, 1.807) is 6.33 Å². The second-order valence-electron chi connectivity index (χ2n) is 4.61. The number of aromatic amines is 1. The van der Waals surface area contributed by atoms with E-state index in [4.69, 9.17) is 11.6 Å². The van der Waals surface area contributed by atoms with E-state index in [1.165, 1.54) is 5.56 Å². The number of hydrogen-bond donors (Lipinski definition) is 1. The molecule has 4 rings (SSSR count). The van der Waals surface area contributed by atoms with Crippen LogP contribution in [0.4, 0.5) is 11.5 Å². The predicted molar refractivity (Wildman–Crippen MR) is 76.1 cm³/mol. The van der Waals surface area contributed by atoms with E-state index in [1.807, 2.05) is 24.4 Å². The highest BCUT2D eigenvalue weighted by Crippen LogP contribution is 2.37. The van der Waals surface area contributed by atoms with Crippen molar-refractivity contribution in [1.29, 1.82) is 0 Å². The van der Waals surface area contributed by atoms with Gasteiger partial charge in [0, 0.05) is 23.5 Å². The first kappa shape index (κ1) is 10.8. The van der Waals surface area contributed by atoms with Gasteiger partial charge in [0.25, 0.3) is 0 Å². The normalized spacial score (nSPS) is 14.1. The molecule has 0 unspecified atom stereocenters. The summed E-state index contributed by atoms with van der Waals surface area (Å²) in [6.45, 7) is 0.924. The van der Waals surface area contributed by atoms with Gasteiger partial charge in [0.2, 0.25) is 0 Å². The van der Waals surface area contributed by atoms with Crippen LogP contribution in [0.2, 0.25) is 5.02 Å². The smallest absolute Gasteiger partial charge is 0.145 e. The van der Waals surface area contributed by atoms with Crippen molar-refractivity contribution in [3.8, 4) is 0 Å². The summed E-state index contributed by atoms with van der Waals surface area (Å²) in [6, 6.07) is 8.04. The van der Waals surface area contributed by atoms with Crippen LogP contribution in [0.3, 0.4) is 0 Å². The molecule has 0 fully saturated rings. The average Bonchev–Trinajstić information content (AvgIpc) is 3.03. The lowest BCUT2D eigenvalue weighted by molar-refractivity contribution is 0.974. The molecule has 0 spiro atoms. The van der Waals surface area contributed by atoms with Crippen molar-refractivity contribution in [2.75, 3.05) is 11.4 Å². The zero-order valence-electron chi connectivity index (χ0n) is 10.1. The van der Waals surface area contributed by atoms with Gasteiger partial charge < -0.3 is 9.88 Å². The lowest BCUT2D eigenvalue weighted by atomic mass is 10.2. The largest absolute Gasteiger partial charge is 0.346 e. The summed E-state index contributed by atoms with van der Waals surface area (Å²) in [6.07, 6.45) is 4.50. The molecule has 1 aliphatic heterocycles. The maximum atomic E-state index is 6.11. The molecule has 3 heterocycles. The maximum absolute atomic E-state index is 6.11. The average molecular weight is 271 g/mol. The van der Waals surface area contributed by atoms with Crippen molar-refractivity contribution in [3.63, 3.8) is 0 Å². The van der Waals surface area contributed by atoms with Crippen molar-refractivity contribution in [2.24, 2.45) is 0 Å². The van der Waals surface area contributed by atoms with Crippen LogP contribution in [0, 0.1) is 0 Å². The van der Waals surface area contributed by atoms with Crippen LogP contribution in [0.5, 0.6) is 0 Å². The Balaban J connectivity index is 1.91.